The Bertz CT molecular complexity index is 389. The molecular weight excluding hydrogens is 206 g/mol. The monoisotopic (exact) mass is 219 g/mol. The summed E-state index contributed by atoms with van der Waals surface area (Å²) in [6.07, 6.45) is 3.13. The minimum Gasteiger partial charge on any atom is -0.350 e. The fourth-order valence-corrected chi connectivity index (χ4v) is 1.45. The van der Waals surface area contributed by atoms with Crippen LogP contribution in [0.25, 0.3) is 0 Å². The Morgan fingerprint density at radius 3 is 2.88 bits per heavy atom. The highest BCUT2D eigenvalue weighted by molar-refractivity contribution is 5.93. The number of amides is 1. The van der Waals surface area contributed by atoms with Crippen LogP contribution in [-0.2, 0) is 9.57 Å². The molecule has 1 aromatic rings. The lowest BCUT2D eigenvalue weighted by Crippen LogP contribution is -2.38. The molecule has 0 spiro atoms. The lowest BCUT2D eigenvalue weighted by Gasteiger charge is -2.27. The molecule has 0 fully saturated rings. The predicted octanol–water partition coefficient (Wildman–Crippen LogP) is 1.60. The topological polar surface area (TPSA) is 38.8 Å². The molecule has 1 aliphatic rings. The molecule has 16 heavy (non-hydrogen) atoms. The summed E-state index contributed by atoms with van der Waals surface area (Å²) < 4.78 is 5.00. The van der Waals surface area contributed by atoms with Gasteiger partial charge in [-0.3, -0.25) is 4.79 Å². The van der Waals surface area contributed by atoms with E-state index in [-0.39, 0.29) is 5.91 Å². The minimum atomic E-state index is -0.485. The van der Waals surface area contributed by atoms with Crippen LogP contribution < -0.4 is 0 Å². The molecule has 1 atom stereocenters. The van der Waals surface area contributed by atoms with Crippen LogP contribution in [0.2, 0.25) is 0 Å². The van der Waals surface area contributed by atoms with Crippen molar-refractivity contribution in [3.8, 4) is 0 Å². The number of ether oxygens (including phenoxy) is 1. The first-order chi connectivity index (χ1) is 7.81. The normalized spacial score (nSPS) is 19.8. The summed E-state index contributed by atoms with van der Waals surface area (Å²) in [5, 5.41) is 1.30. The highest BCUT2D eigenvalue weighted by Gasteiger charge is 2.21. The minimum absolute atomic E-state index is 0.160. The fourth-order valence-electron chi connectivity index (χ4n) is 1.45. The van der Waals surface area contributed by atoms with E-state index < -0.39 is 6.29 Å². The number of hydroxylamine groups is 2. The summed E-state index contributed by atoms with van der Waals surface area (Å²) in [6.45, 7) is 0.438. The Morgan fingerprint density at radius 1 is 1.44 bits per heavy atom. The number of carbonyl (C=O) groups is 1. The van der Waals surface area contributed by atoms with E-state index in [0.717, 1.165) is 0 Å². The zero-order valence-electron chi connectivity index (χ0n) is 9.00. The van der Waals surface area contributed by atoms with Crippen LogP contribution in [0.3, 0.4) is 0 Å². The van der Waals surface area contributed by atoms with Crippen molar-refractivity contribution in [3.63, 3.8) is 0 Å². The Kier molecular flexibility index (Phi) is 3.34. The Hall–Kier alpha value is -1.65. The van der Waals surface area contributed by atoms with Gasteiger partial charge >= 0.3 is 0 Å². The Balaban J connectivity index is 2.09. The molecule has 1 amide bonds. The van der Waals surface area contributed by atoms with E-state index in [0.29, 0.717) is 12.1 Å². The summed E-state index contributed by atoms with van der Waals surface area (Å²) in [7, 11) is 1.53. The van der Waals surface area contributed by atoms with Gasteiger partial charge in [-0.2, -0.15) is 0 Å². The molecule has 84 valence electrons. The fraction of sp³-hybridized carbons (Fsp3) is 0.250. The van der Waals surface area contributed by atoms with Gasteiger partial charge in [-0.1, -0.05) is 24.3 Å². The van der Waals surface area contributed by atoms with Crippen molar-refractivity contribution in [2.75, 3.05) is 13.7 Å². The highest BCUT2D eigenvalue weighted by atomic mass is 16.8. The van der Waals surface area contributed by atoms with Crippen LogP contribution in [-0.4, -0.2) is 30.9 Å². The Morgan fingerprint density at radius 2 is 2.19 bits per heavy atom. The van der Waals surface area contributed by atoms with Crippen LogP contribution in [0.15, 0.2) is 42.5 Å². The number of carbonyl (C=O) groups excluding carboxylic acids is 1. The quantitative estimate of drug-likeness (QED) is 0.709. The van der Waals surface area contributed by atoms with E-state index in [2.05, 4.69) is 0 Å². The van der Waals surface area contributed by atoms with Gasteiger partial charge in [0.15, 0.2) is 0 Å². The molecule has 0 saturated heterocycles. The van der Waals surface area contributed by atoms with E-state index in [9.17, 15) is 4.79 Å². The summed E-state index contributed by atoms with van der Waals surface area (Å²) in [5.74, 6) is -0.160. The van der Waals surface area contributed by atoms with Crippen molar-refractivity contribution in [2.24, 2.45) is 0 Å². The van der Waals surface area contributed by atoms with Gasteiger partial charge in [0, 0.05) is 12.7 Å². The molecule has 1 aromatic carbocycles. The molecule has 1 unspecified atom stereocenters. The predicted molar refractivity (Wildman–Crippen MR) is 58.5 cm³/mol. The molecule has 0 bridgehead atoms. The van der Waals surface area contributed by atoms with Gasteiger partial charge in [0.1, 0.15) is 0 Å². The van der Waals surface area contributed by atoms with E-state index in [4.69, 9.17) is 9.57 Å². The second-order valence-electron chi connectivity index (χ2n) is 3.37. The summed E-state index contributed by atoms with van der Waals surface area (Å²) in [6, 6.07) is 9.02. The summed E-state index contributed by atoms with van der Waals surface area (Å²) in [5.41, 5.74) is 0.604. The SMILES string of the molecule is COC1C=CCN(C(=O)c2ccccc2)O1. The lowest BCUT2D eigenvalue weighted by molar-refractivity contribution is -0.228. The second-order valence-corrected chi connectivity index (χ2v) is 3.37. The van der Waals surface area contributed by atoms with Crippen molar-refractivity contribution < 1.29 is 14.4 Å². The van der Waals surface area contributed by atoms with Gasteiger partial charge in [0.25, 0.3) is 5.91 Å². The maximum Gasteiger partial charge on any atom is 0.277 e. The third-order valence-electron chi connectivity index (χ3n) is 2.28. The van der Waals surface area contributed by atoms with Gasteiger partial charge in [-0.25, -0.2) is 9.90 Å². The van der Waals surface area contributed by atoms with Crippen molar-refractivity contribution in [1.82, 2.24) is 5.06 Å². The largest absolute Gasteiger partial charge is 0.350 e. The zero-order chi connectivity index (χ0) is 11.4. The first kappa shape index (κ1) is 10.9. The molecule has 0 aromatic heterocycles. The molecular formula is C12H13NO3. The van der Waals surface area contributed by atoms with Crippen LogP contribution >= 0.6 is 0 Å². The van der Waals surface area contributed by atoms with Gasteiger partial charge < -0.3 is 4.74 Å². The van der Waals surface area contributed by atoms with Gasteiger partial charge in [0.2, 0.25) is 6.29 Å². The second kappa shape index (κ2) is 4.92. The molecule has 0 aliphatic carbocycles. The van der Waals surface area contributed by atoms with Crippen molar-refractivity contribution in [3.05, 3.63) is 48.0 Å². The number of benzene rings is 1. The maximum atomic E-state index is 12.0. The molecule has 0 N–H and O–H groups in total. The maximum absolute atomic E-state index is 12.0. The summed E-state index contributed by atoms with van der Waals surface area (Å²) in [4.78, 5) is 17.3. The average molecular weight is 219 g/mol. The molecule has 4 nitrogen and oxygen atoms in total. The zero-order valence-corrected chi connectivity index (χ0v) is 9.00. The molecule has 1 aliphatic heterocycles. The standard InChI is InChI=1S/C12H13NO3/c1-15-11-8-5-9-13(16-11)12(14)10-6-3-2-4-7-10/h2-8,11H,9H2,1H3. The van der Waals surface area contributed by atoms with Crippen LogP contribution in [0, 0.1) is 0 Å². The first-order valence-corrected chi connectivity index (χ1v) is 5.04. The Labute approximate surface area is 94.0 Å². The van der Waals surface area contributed by atoms with Gasteiger partial charge in [-0.05, 0) is 18.2 Å². The number of nitrogens with zero attached hydrogens (tertiary/aromatic N) is 1. The average Bonchev–Trinajstić information content (AvgIpc) is 2.39. The van der Waals surface area contributed by atoms with Gasteiger partial charge in [-0.15, -0.1) is 0 Å². The molecule has 1 heterocycles. The number of hydrogen-bond acceptors (Lipinski definition) is 3. The third-order valence-corrected chi connectivity index (χ3v) is 2.28. The number of hydrogen-bond donors (Lipinski definition) is 0. The third kappa shape index (κ3) is 2.29. The molecule has 2 rings (SSSR count). The van der Waals surface area contributed by atoms with Crippen molar-refractivity contribution in [2.45, 2.75) is 6.29 Å². The molecule has 0 saturated carbocycles. The van der Waals surface area contributed by atoms with Crippen molar-refractivity contribution >= 4 is 5.91 Å². The van der Waals surface area contributed by atoms with E-state index in [1.54, 1.807) is 18.2 Å². The first-order valence-electron chi connectivity index (χ1n) is 5.04. The lowest BCUT2D eigenvalue weighted by atomic mass is 10.2. The van der Waals surface area contributed by atoms with Crippen molar-refractivity contribution in [1.29, 1.82) is 0 Å². The molecule has 4 heteroatoms. The highest BCUT2D eigenvalue weighted by Crippen LogP contribution is 2.12. The van der Waals surface area contributed by atoms with Crippen LogP contribution in [0.5, 0.6) is 0 Å². The van der Waals surface area contributed by atoms with Gasteiger partial charge in [0.05, 0.1) is 6.54 Å². The van der Waals surface area contributed by atoms with Crippen LogP contribution in [0.1, 0.15) is 10.4 Å². The van der Waals surface area contributed by atoms with E-state index in [1.807, 2.05) is 24.3 Å². The number of rotatable bonds is 2. The summed E-state index contributed by atoms with van der Waals surface area (Å²) >= 11 is 0. The van der Waals surface area contributed by atoms with E-state index in [1.165, 1.54) is 12.2 Å². The number of methoxy groups -OCH3 is 1. The molecule has 0 radical (unpaired) electrons. The van der Waals surface area contributed by atoms with E-state index >= 15 is 0 Å². The smallest absolute Gasteiger partial charge is 0.277 e. The van der Waals surface area contributed by atoms with Crippen LogP contribution in [0.4, 0.5) is 0 Å².